The van der Waals surface area contributed by atoms with Crippen LogP contribution in [0, 0.1) is 19.7 Å². The fourth-order valence-corrected chi connectivity index (χ4v) is 3.97. The lowest BCUT2D eigenvalue weighted by Crippen LogP contribution is -2.40. The van der Waals surface area contributed by atoms with E-state index in [1.54, 1.807) is 12.1 Å². The SMILES string of the molecule is Cc1ccc(NC(=S)NCC2(c3ccc(F)cc3)CCCC2)c(C)c1. The molecule has 0 saturated heterocycles. The average molecular weight is 357 g/mol. The summed E-state index contributed by atoms with van der Waals surface area (Å²) < 4.78 is 13.3. The van der Waals surface area contributed by atoms with Crippen LogP contribution in [0.1, 0.15) is 42.4 Å². The summed E-state index contributed by atoms with van der Waals surface area (Å²) >= 11 is 5.50. The predicted molar refractivity (Wildman–Crippen MR) is 107 cm³/mol. The lowest BCUT2D eigenvalue weighted by molar-refractivity contribution is 0.434. The molecule has 0 radical (unpaired) electrons. The molecule has 1 fully saturated rings. The third-order valence-electron chi connectivity index (χ3n) is 5.23. The number of nitrogens with one attached hydrogen (secondary N) is 2. The highest BCUT2D eigenvalue weighted by molar-refractivity contribution is 7.80. The van der Waals surface area contributed by atoms with E-state index in [-0.39, 0.29) is 11.2 Å². The normalized spacial score (nSPS) is 15.8. The van der Waals surface area contributed by atoms with E-state index >= 15 is 0 Å². The molecule has 0 spiro atoms. The molecule has 2 nitrogen and oxygen atoms in total. The maximum Gasteiger partial charge on any atom is 0.170 e. The zero-order chi connectivity index (χ0) is 17.9. The minimum absolute atomic E-state index is 0.0434. The minimum atomic E-state index is -0.183. The molecule has 0 aliphatic heterocycles. The summed E-state index contributed by atoms with van der Waals surface area (Å²) in [5.74, 6) is -0.183. The van der Waals surface area contributed by atoms with Gasteiger partial charge in [0.05, 0.1) is 0 Å². The van der Waals surface area contributed by atoms with E-state index in [1.807, 2.05) is 12.1 Å². The van der Waals surface area contributed by atoms with Gasteiger partial charge in [0, 0.05) is 17.6 Å². The Kier molecular flexibility index (Phi) is 5.38. The zero-order valence-electron chi connectivity index (χ0n) is 14.9. The van der Waals surface area contributed by atoms with Crippen LogP contribution in [0.2, 0.25) is 0 Å². The second-order valence-corrected chi connectivity index (χ2v) is 7.53. The fraction of sp³-hybridized carbons (Fsp3) is 0.381. The van der Waals surface area contributed by atoms with Gasteiger partial charge in [-0.3, -0.25) is 0 Å². The number of aryl methyl sites for hydroxylation is 2. The van der Waals surface area contributed by atoms with Crippen LogP contribution in [0.4, 0.5) is 10.1 Å². The monoisotopic (exact) mass is 356 g/mol. The van der Waals surface area contributed by atoms with Gasteiger partial charge in [0.15, 0.2) is 5.11 Å². The van der Waals surface area contributed by atoms with E-state index in [4.69, 9.17) is 12.2 Å². The van der Waals surface area contributed by atoms with Crippen LogP contribution >= 0.6 is 12.2 Å². The Balaban J connectivity index is 1.67. The smallest absolute Gasteiger partial charge is 0.170 e. The first kappa shape index (κ1) is 17.9. The van der Waals surface area contributed by atoms with Gasteiger partial charge in [-0.1, -0.05) is 42.7 Å². The number of halogens is 1. The Hall–Kier alpha value is -1.94. The van der Waals surface area contributed by atoms with Gasteiger partial charge in [-0.2, -0.15) is 0 Å². The molecule has 0 amide bonds. The number of benzene rings is 2. The molecule has 0 unspecified atom stereocenters. The molecule has 0 aromatic heterocycles. The van der Waals surface area contributed by atoms with Crippen molar-refractivity contribution < 1.29 is 4.39 Å². The molecule has 0 bridgehead atoms. The van der Waals surface area contributed by atoms with Gasteiger partial charge in [-0.05, 0) is 68.2 Å². The van der Waals surface area contributed by atoms with Gasteiger partial charge < -0.3 is 10.6 Å². The molecule has 1 aliphatic carbocycles. The molecule has 25 heavy (non-hydrogen) atoms. The predicted octanol–water partition coefficient (Wildman–Crippen LogP) is 5.24. The van der Waals surface area contributed by atoms with E-state index in [0.717, 1.165) is 25.1 Å². The average Bonchev–Trinajstić information content (AvgIpc) is 3.06. The molecular formula is C21H25FN2S. The molecule has 0 heterocycles. The highest BCUT2D eigenvalue weighted by Crippen LogP contribution is 2.40. The number of hydrogen-bond donors (Lipinski definition) is 2. The van der Waals surface area contributed by atoms with Gasteiger partial charge in [0.1, 0.15) is 5.82 Å². The maximum atomic E-state index is 13.3. The van der Waals surface area contributed by atoms with Crippen molar-refractivity contribution in [3.63, 3.8) is 0 Å². The second-order valence-electron chi connectivity index (χ2n) is 7.12. The fourth-order valence-electron chi connectivity index (χ4n) is 3.79. The second kappa shape index (κ2) is 7.52. The van der Waals surface area contributed by atoms with Gasteiger partial charge >= 0.3 is 0 Å². The zero-order valence-corrected chi connectivity index (χ0v) is 15.7. The van der Waals surface area contributed by atoms with Crippen LogP contribution in [0.15, 0.2) is 42.5 Å². The van der Waals surface area contributed by atoms with Gasteiger partial charge in [0.25, 0.3) is 0 Å². The summed E-state index contributed by atoms with van der Waals surface area (Å²) in [6.45, 7) is 4.93. The van der Waals surface area contributed by atoms with Crippen molar-refractivity contribution in [3.8, 4) is 0 Å². The molecule has 132 valence electrons. The number of hydrogen-bond acceptors (Lipinski definition) is 1. The summed E-state index contributed by atoms with van der Waals surface area (Å²) in [5.41, 5.74) is 4.70. The van der Waals surface area contributed by atoms with Crippen LogP contribution in [0.25, 0.3) is 0 Å². The van der Waals surface area contributed by atoms with Crippen LogP contribution in [-0.4, -0.2) is 11.7 Å². The summed E-state index contributed by atoms with van der Waals surface area (Å²) in [5, 5.41) is 7.33. The van der Waals surface area contributed by atoms with Gasteiger partial charge in [0.2, 0.25) is 0 Å². The van der Waals surface area contributed by atoms with Gasteiger partial charge in [-0.15, -0.1) is 0 Å². The summed E-state index contributed by atoms with van der Waals surface area (Å²) in [7, 11) is 0. The molecule has 2 aromatic rings. The third kappa shape index (κ3) is 4.18. The van der Waals surface area contributed by atoms with E-state index in [0.29, 0.717) is 5.11 Å². The van der Waals surface area contributed by atoms with Crippen LogP contribution in [0.3, 0.4) is 0 Å². The minimum Gasteiger partial charge on any atom is -0.362 e. The molecule has 2 aromatic carbocycles. The van der Waals surface area contributed by atoms with Crippen LogP contribution < -0.4 is 10.6 Å². The van der Waals surface area contributed by atoms with Gasteiger partial charge in [-0.25, -0.2) is 4.39 Å². The first-order chi connectivity index (χ1) is 12.0. The first-order valence-electron chi connectivity index (χ1n) is 8.87. The maximum absolute atomic E-state index is 13.3. The Morgan fingerprint density at radius 1 is 1.08 bits per heavy atom. The molecule has 4 heteroatoms. The Morgan fingerprint density at radius 2 is 1.76 bits per heavy atom. The van der Waals surface area contributed by atoms with Crippen molar-refractivity contribution in [2.24, 2.45) is 0 Å². The van der Waals surface area contributed by atoms with Crippen LogP contribution in [0.5, 0.6) is 0 Å². The topological polar surface area (TPSA) is 24.1 Å². The van der Waals surface area contributed by atoms with E-state index in [1.165, 1.54) is 29.5 Å². The Labute approximate surface area is 154 Å². The molecular weight excluding hydrogens is 331 g/mol. The molecule has 0 atom stereocenters. The lowest BCUT2D eigenvalue weighted by atomic mass is 9.79. The van der Waals surface area contributed by atoms with E-state index in [2.05, 4.69) is 42.7 Å². The summed E-state index contributed by atoms with van der Waals surface area (Å²) in [4.78, 5) is 0. The highest BCUT2D eigenvalue weighted by atomic mass is 32.1. The summed E-state index contributed by atoms with van der Waals surface area (Å²) in [6.07, 6.45) is 4.63. The quantitative estimate of drug-likeness (QED) is 0.733. The largest absolute Gasteiger partial charge is 0.362 e. The molecule has 1 saturated carbocycles. The van der Waals surface area contributed by atoms with E-state index < -0.39 is 0 Å². The standard InChI is InChI=1S/C21H25FN2S/c1-15-5-10-19(16(2)13-15)24-20(25)23-14-21(11-3-4-12-21)17-6-8-18(22)9-7-17/h5-10,13H,3-4,11-12,14H2,1-2H3,(H2,23,24,25). The van der Waals surface area contributed by atoms with E-state index in [9.17, 15) is 4.39 Å². The number of rotatable bonds is 4. The molecule has 1 aliphatic rings. The number of thiocarbonyl (C=S) groups is 1. The van der Waals surface area contributed by atoms with Crippen molar-refractivity contribution in [1.29, 1.82) is 0 Å². The number of anilines is 1. The van der Waals surface area contributed by atoms with Crippen molar-refractivity contribution >= 4 is 23.0 Å². The van der Waals surface area contributed by atoms with Crippen LogP contribution in [-0.2, 0) is 5.41 Å². The molecule has 3 rings (SSSR count). The third-order valence-corrected chi connectivity index (χ3v) is 5.48. The molecule has 2 N–H and O–H groups in total. The lowest BCUT2D eigenvalue weighted by Gasteiger charge is -2.30. The first-order valence-corrected chi connectivity index (χ1v) is 9.27. The Morgan fingerprint density at radius 3 is 2.40 bits per heavy atom. The highest BCUT2D eigenvalue weighted by Gasteiger charge is 2.35. The van der Waals surface area contributed by atoms with Crippen molar-refractivity contribution in [2.75, 3.05) is 11.9 Å². The van der Waals surface area contributed by atoms with Crippen molar-refractivity contribution in [3.05, 3.63) is 65.0 Å². The summed E-state index contributed by atoms with van der Waals surface area (Å²) in [6, 6.07) is 13.2. The van der Waals surface area contributed by atoms with Crippen molar-refractivity contribution in [2.45, 2.75) is 44.9 Å². The van der Waals surface area contributed by atoms with Crippen molar-refractivity contribution in [1.82, 2.24) is 5.32 Å². The Bertz CT molecular complexity index is 749.